The molecule has 2 aliphatic carbocycles. The van der Waals surface area contributed by atoms with E-state index in [2.05, 4.69) is 0 Å². The minimum Gasteiger partial charge on any atom is -0.508 e. The number of aromatic hydroxyl groups is 1. The lowest BCUT2D eigenvalue weighted by Crippen LogP contribution is -2.32. The van der Waals surface area contributed by atoms with Gasteiger partial charge in [0, 0.05) is 16.5 Å². The highest BCUT2D eigenvalue weighted by molar-refractivity contribution is 5.47. The van der Waals surface area contributed by atoms with Crippen molar-refractivity contribution in [3.8, 4) is 5.75 Å². The highest BCUT2D eigenvalue weighted by atomic mass is 19.3. The van der Waals surface area contributed by atoms with Crippen LogP contribution in [0.5, 0.6) is 5.75 Å². The van der Waals surface area contributed by atoms with E-state index < -0.39 is 11.3 Å². The predicted octanol–water partition coefficient (Wildman–Crippen LogP) is 3.60. The van der Waals surface area contributed by atoms with Gasteiger partial charge in [-0.1, -0.05) is 25.0 Å². The normalized spacial score (nSPS) is 24.9. The smallest absolute Gasteiger partial charge is 0.279 e. The molecule has 1 spiro atoms. The van der Waals surface area contributed by atoms with Crippen molar-refractivity contribution in [2.75, 3.05) is 0 Å². The quantitative estimate of drug-likeness (QED) is 0.713. The Kier molecular flexibility index (Phi) is 1.86. The van der Waals surface area contributed by atoms with E-state index in [1.165, 1.54) is 18.2 Å². The van der Waals surface area contributed by atoms with E-state index in [0.29, 0.717) is 24.8 Å². The molecule has 0 atom stereocenters. The number of phenolic OH excluding ortho intramolecular Hbond substituents is 1. The summed E-state index contributed by atoms with van der Waals surface area (Å²) in [5, 5.41) is 9.67. The van der Waals surface area contributed by atoms with Crippen LogP contribution in [0.15, 0.2) is 18.2 Å². The van der Waals surface area contributed by atoms with Gasteiger partial charge < -0.3 is 5.11 Å². The van der Waals surface area contributed by atoms with Crippen LogP contribution in [0.2, 0.25) is 0 Å². The van der Waals surface area contributed by atoms with Crippen LogP contribution in [0.4, 0.5) is 8.78 Å². The molecule has 3 heteroatoms. The molecule has 1 saturated carbocycles. The largest absolute Gasteiger partial charge is 0.508 e. The van der Waals surface area contributed by atoms with Gasteiger partial charge in [0.15, 0.2) is 0 Å². The van der Waals surface area contributed by atoms with Crippen LogP contribution >= 0.6 is 0 Å². The fourth-order valence-corrected chi connectivity index (χ4v) is 3.33. The van der Waals surface area contributed by atoms with Crippen molar-refractivity contribution >= 4 is 0 Å². The summed E-state index contributed by atoms with van der Waals surface area (Å²) in [5.41, 5.74) is -0.391. The summed E-state index contributed by atoms with van der Waals surface area (Å²) >= 11 is 0. The van der Waals surface area contributed by atoms with E-state index in [1.807, 2.05) is 0 Å². The molecule has 3 rings (SSSR count). The van der Waals surface area contributed by atoms with Gasteiger partial charge in [0.25, 0.3) is 5.92 Å². The van der Waals surface area contributed by atoms with Crippen LogP contribution in [-0.2, 0) is 12.3 Å². The van der Waals surface area contributed by atoms with E-state index in [0.717, 1.165) is 12.8 Å². The van der Waals surface area contributed by atoms with Gasteiger partial charge in [0.05, 0.1) is 0 Å². The molecule has 1 fully saturated rings. The second-order valence-corrected chi connectivity index (χ2v) is 5.04. The molecule has 0 aromatic heterocycles. The molecule has 86 valence electrons. The lowest BCUT2D eigenvalue weighted by molar-refractivity contribution is -0.114. The fraction of sp³-hybridized carbons (Fsp3) is 0.538. The highest BCUT2D eigenvalue weighted by Crippen LogP contribution is 2.62. The number of alkyl halides is 2. The van der Waals surface area contributed by atoms with Crippen LogP contribution in [0.3, 0.4) is 0 Å². The number of halogens is 2. The first-order chi connectivity index (χ1) is 7.57. The molecule has 1 N–H and O–H groups in total. The van der Waals surface area contributed by atoms with Crippen LogP contribution in [0.25, 0.3) is 0 Å². The number of rotatable bonds is 0. The fourth-order valence-electron chi connectivity index (χ4n) is 3.33. The van der Waals surface area contributed by atoms with Gasteiger partial charge in [0.1, 0.15) is 5.75 Å². The minimum atomic E-state index is -2.77. The summed E-state index contributed by atoms with van der Waals surface area (Å²) < 4.78 is 28.7. The van der Waals surface area contributed by atoms with Gasteiger partial charge in [-0.3, -0.25) is 0 Å². The SMILES string of the molecule is Oc1cccc2c1CC1(CCCC1)C2(F)F. The summed E-state index contributed by atoms with van der Waals surface area (Å²) in [5.74, 6) is -2.74. The van der Waals surface area contributed by atoms with Crippen molar-refractivity contribution in [1.82, 2.24) is 0 Å². The van der Waals surface area contributed by atoms with E-state index in [1.54, 1.807) is 0 Å². The molecule has 0 bridgehead atoms. The van der Waals surface area contributed by atoms with Crippen molar-refractivity contribution in [3.63, 3.8) is 0 Å². The van der Waals surface area contributed by atoms with Gasteiger partial charge in [-0.05, 0) is 25.3 Å². The molecule has 1 aromatic carbocycles. The van der Waals surface area contributed by atoms with Crippen molar-refractivity contribution < 1.29 is 13.9 Å². The summed E-state index contributed by atoms with van der Waals surface area (Å²) in [6, 6.07) is 4.47. The van der Waals surface area contributed by atoms with Crippen LogP contribution in [0.1, 0.15) is 36.8 Å². The van der Waals surface area contributed by atoms with Gasteiger partial charge in [0.2, 0.25) is 0 Å². The minimum absolute atomic E-state index is 0.0287. The second-order valence-electron chi connectivity index (χ2n) is 5.04. The standard InChI is InChI=1S/C13H14F2O/c14-13(15)10-4-3-5-11(16)9(10)8-12(13)6-1-2-7-12/h3-5,16H,1-2,6-8H2. The van der Waals surface area contributed by atoms with E-state index in [4.69, 9.17) is 0 Å². The maximum atomic E-state index is 14.4. The molecule has 0 saturated heterocycles. The number of benzene rings is 1. The first kappa shape index (κ1) is 10.1. The average molecular weight is 224 g/mol. The number of fused-ring (bicyclic) bond motifs is 1. The molecule has 1 nitrogen and oxygen atoms in total. The Morgan fingerprint density at radius 3 is 2.44 bits per heavy atom. The number of hydrogen-bond acceptors (Lipinski definition) is 1. The summed E-state index contributed by atoms with van der Waals surface area (Å²) in [7, 11) is 0. The third-order valence-corrected chi connectivity index (χ3v) is 4.23. The predicted molar refractivity (Wildman–Crippen MR) is 56.6 cm³/mol. The first-order valence-electron chi connectivity index (χ1n) is 5.76. The molecular weight excluding hydrogens is 210 g/mol. The molecule has 1 aromatic rings. The Bertz CT molecular complexity index is 434. The summed E-state index contributed by atoms with van der Waals surface area (Å²) in [6.45, 7) is 0. The third kappa shape index (κ3) is 1.04. The summed E-state index contributed by atoms with van der Waals surface area (Å²) in [6.07, 6.45) is 3.25. The maximum absolute atomic E-state index is 14.4. The van der Waals surface area contributed by atoms with E-state index in [9.17, 15) is 13.9 Å². The molecule has 16 heavy (non-hydrogen) atoms. The molecule has 0 radical (unpaired) electrons. The summed E-state index contributed by atoms with van der Waals surface area (Å²) in [4.78, 5) is 0. The molecule has 2 aliphatic rings. The van der Waals surface area contributed by atoms with Crippen molar-refractivity contribution in [1.29, 1.82) is 0 Å². The topological polar surface area (TPSA) is 20.2 Å². The lowest BCUT2D eigenvalue weighted by atomic mass is 9.80. The monoisotopic (exact) mass is 224 g/mol. The number of hydrogen-bond donors (Lipinski definition) is 1. The van der Waals surface area contributed by atoms with Crippen LogP contribution < -0.4 is 0 Å². The molecule has 0 heterocycles. The molecule has 0 amide bonds. The van der Waals surface area contributed by atoms with Crippen LogP contribution in [-0.4, -0.2) is 5.11 Å². The molecule has 0 unspecified atom stereocenters. The molecular formula is C13H14F2O. The Morgan fingerprint density at radius 2 is 1.81 bits per heavy atom. The third-order valence-electron chi connectivity index (χ3n) is 4.23. The zero-order valence-electron chi connectivity index (χ0n) is 8.97. The van der Waals surface area contributed by atoms with Gasteiger partial charge in [-0.2, -0.15) is 0 Å². The van der Waals surface area contributed by atoms with Crippen molar-refractivity contribution in [2.24, 2.45) is 5.41 Å². The van der Waals surface area contributed by atoms with Gasteiger partial charge in [-0.25, -0.2) is 8.78 Å². The zero-order chi connectivity index (χ0) is 11.4. The molecule has 0 aliphatic heterocycles. The van der Waals surface area contributed by atoms with Gasteiger partial charge in [-0.15, -0.1) is 0 Å². The highest BCUT2D eigenvalue weighted by Gasteiger charge is 2.61. The average Bonchev–Trinajstić information content (AvgIpc) is 2.78. The van der Waals surface area contributed by atoms with Crippen molar-refractivity contribution in [3.05, 3.63) is 29.3 Å². The number of phenols is 1. The lowest BCUT2D eigenvalue weighted by Gasteiger charge is -2.30. The second kappa shape index (κ2) is 2.96. The maximum Gasteiger partial charge on any atom is 0.279 e. The first-order valence-corrected chi connectivity index (χ1v) is 5.76. The van der Waals surface area contributed by atoms with E-state index in [-0.39, 0.29) is 11.3 Å². The Morgan fingerprint density at radius 1 is 1.12 bits per heavy atom. The van der Waals surface area contributed by atoms with Gasteiger partial charge >= 0.3 is 0 Å². The van der Waals surface area contributed by atoms with Crippen LogP contribution in [0, 0.1) is 5.41 Å². The van der Waals surface area contributed by atoms with Crippen molar-refractivity contribution in [2.45, 2.75) is 38.0 Å². The Hall–Kier alpha value is -1.12. The Labute approximate surface area is 93.1 Å². The van der Waals surface area contributed by atoms with E-state index >= 15 is 0 Å². The zero-order valence-corrected chi connectivity index (χ0v) is 8.97. The Balaban J connectivity index is 2.17.